The second kappa shape index (κ2) is 13.0. The normalized spacial score (nSPS) is 11.4. The Bertz CT molecular complexity index is 229. The number of allylic oxidation sites excluding steroid dienone is 4. The van der Waals surface area contributed by atoms with E-state index < -0.39 is 0 Å². The first-order valence-corrected chi connectivity index (χ1v) is 6.72. The smallest absolute Gasteiger partial charge is 0.302 e. The van der Waals surface area contributed by atoms with Gasteiger partial charge in [-0.15, -0.1) is 0 Å². The lowest BCUT2D eigenvalue weighted by Gasteiger charge is -2.01. The lowest BCUT2D eigenvalue weighted by Crippen LogP contribution is -1.99. The third-order valence-corrected chi connectivity index (χ3v) is 2.44. The molecule has 0 atom stereocenters. The van der Waals surface area contributed by atoms with E-state index in [1.165, 1.54) is 26.2 Å². The van der Waals surface area contributed by atoms with Gasteiger partial charge in [-0.1, -0.05) is 50.5 Å². The van der Waals surface area contributed by atoms with Crippen LogP contribution >= 0.6 is 0 Å². The summed E-state index contributed by atoms with van der Waals surface area (Å²) in [5, 5.41) is 0. The minimum Gasteiger partial charge on any atom is -0.466 e. The molecule has 0 bridgehead atoms. The molecule has 17 heavy (non-hydrogen) atoms. The van der Waals surface area contributed by atoms with Crippen molar-refractivity contribution < 1.29 is 9.53 Å². The molecular weight excluding hydrogens is 212 g/mol. The van der Waals surface area contributed by atoms with Crippen molar-refractivity contribution in [3.05, 3.63) is 24.3 Å². The van der Waals surface area contributed by atoms with Crippen LogP contribution in [0, 0.1) is 0 Å². The Balaban J connectivity index is 3.11. The van der Waals surface area contributed by atoms with Crippen LogP contribution in [0.2, 0.25) is 0 Å². The molecule has 0 rings (SSSR count). The first-order chi connectivity index (χ1) is 8.27. The molecule has 2 heteroatoms. The summed E-state index contributed by atoms with van der Waals surface area (Å²) < 4.78 is 4.87. The second-order valence-electron chi connectivity index (χ2n) is 4.16. The SMILES string of the molecule is CC/C=C/C=C\CCCCCCCOC(C)=O. The molecule has 2 nitrogen and oxygen atoms in total. The van der Waals surface area contributed by atoms with Gasteiger partial charge in [0.25, 0.3) is 0 Å². The van der Waals surface area contributed by atoms with Gasteiger partial charge in [-0.3, -0.25) is 4.79 Å². The third kappa shape index (κ3) is 14.9. The lowest BCUT2D eigenvalue weighted by atomic mass is 10.1. The van der Waals surface area contributed by atoms with Crippen LogP contribution < -0.4 is 0 Å². The van der Waals surface area contributed by atoms with Gasteiger partial charge in [0, 0.05) is 6.92 Å². The largest absolute Gasteiger partial charge is 0.466 e. The number of unbranched alkanes of at least 4 members (excludes halogenated alkanes) is 5. The van der Waals surface area contributed by atoms with Gasteiger partial charge in [-0.05, 0) is 25.7 Å². The fourth-order valence-electron chi connectivity index (χ4n) is 1.50. The van der Waals surface area contributed by atoms with E-state index in [1.807, 2.05) is 0 Å². The average Bonchev–Trinajstić information content (AvgIpc) is 2.30. The zero-order valence-corrected chi connectivity index (χ0v) is 11.3. The van der Waals surface area contributed by atoms with Gasteiger partial charge in [0.2, 0.25) is 0 Å². The Labute approximate surface area is 106 Å². The van der Waals surface area contributed by atoms with Crippen molar-refractivity contribution in [3.63, 3.8) is 0 Å². The average molecular weight is 238 g/mol. The van der Waals surface area contributed by atoms with E-state index in [2.05, 4.69) is 31.2 Å². The highest BCUT2D eigenvalue weighted by Gasteiger charge is 1.93. The highest BCUT2D eigenvalue weighted by Crippen LogP contribution is 2.06. The van der Waals surface area contributed by atoms with E-state index >= 15 is 0 Å². The van der Waals surface area contributed by atoms with E-state index in [-0.39, 0.29) is 5.97 Å². The summed E-state index contributed by atoms with van der Waals surface area (Å²) in [7, 11) is 0. The van der Waals surface area contributed by atoms with Crippen LogP contribution in [0.5, 0.6) is 0 Å². The summed E-state index contributed by atoms with van der Waals surface area (Å²) >= 11 is 0. The van der Waals surface area contributed by atoms with Crippen molar-refractivity contribution >= 4 is 5.97 Å². The predicted molar refractivity (Wildman–Crippen MR) is 72.9 cm³/mol. The number of carbonyl (C=O) groups is 1. The molecule has 0 aliphatic carbocycles. The quantitative estimate of drug-likeness (QED) is 0.320. The van der Waals surface area contributed by atoms with Crippen LogP contribution in [-0.2, 0) is 9.53 Å². The van der Waals surface area contributed by atoms with Gasteiger partial charge >= 0.3 is 5.97 Å². The molecule has 0 radical (unpaired) electrons. The van der Waals surface area contributed by atoms with E-state index in [0.717, 1.165) is 25.7 Å². The van der Waals surface area contributed by atoms with Gasteiger partial charge in [0.05, 0.1) is 6.61 Å². The molecule has 0 saturated carbocycles. The standard InChI is InChI=1S/C15H26O2/c1-3-4-5-6-7-8-9-10-11-12-13-14-17-15(2)16/h4-7H,3,8-14H2,1-2H3/b5-4+,7-6-. The molecule has 98 valence electrons. The highest BCUT2D eigenvalue weighted by molar-refractivity contribution is 5.65. The summed E-state index contributed by atoms with van der Waals surface area (Å²) in [5.74, 6) is -0.171. The van der Waals surface area contributed by atoms with Gasteiger partial charge in [0.1, 0.15) is 0 Å². The van der Waals surface area contributed by atoms with E-state index in [1.54, 1.807) is 0 Å². The number of hydrogen-bond donors (Lipinski definition) is 0. The van der Waals surface area contributed by atoms with Crippen LogP contribution in [0.15, 0.2) is 24.3 Å². The lowest BCUT2D eigenvalue weighted by molar-refractivity contribution is -0.141. The Morgan fingerprint density at radius 3 is 2.35 bits per heavy atom. The number of rotatable bonds is 10. The summed E-state index contributed by atoms with van der Waals surface area (Å²) in [6, 6.07) is 0. The van der Waals surface area contributed by atoms with Crippen molar-refractivity contribution in [2.75, 3.05) is 6.61 Å². The maximum absolute atomic E-state index is 10.5. The van der Waals surface area contributed by atoms with Gasteiger partial charge in [-0.2, -0.15) is 0 Å². The minimum atomic E-state index is -0.171. The maximum Gasteiger partial charge on any atom is 0.302 e. The second-order valence-corrected chi connectivity index (χ2v) is 4.16. The molecule has 0 amide bonds. The molecule has 0 aromatic carbocycles. The predicted octanol–water partition coefficient (Wildman–Crippen LogP) is 4.41. The molecule has 0 aliphatic heterocycles. The number of esters is 1. The fourth-order valence-corrected chi connectivity index (χ4v) is 1.50. The fraction of sp³-hybridized carbons (Fsp3) is 0.667. The monoisotopic (exact) mass is 238 g/mol. The van der Waals surface area contributed by atoms with E-state index in [9.17, 15) is 4.79 Å². The van der Waals surface area contributed by atoms with Crippen molar-refractivity contribution in [1.82, 2.24) is 0 Å². The Morgan fingerprint density at radius 2 is 1.65 bits per heavy atom. The van der Waals surface area contributed by atoms with Crippen LogP contribution in [0.4, 0.5) is 0 Å². The number of ether oxygens (including phenoxy) is 1. The van der Waals surface area contributed by atoms with Crippen LogP contribution in [0.1, 0.15) is 58.8 Å². The molecule has 0 aromatic rings. The molecule has 0 spiro atoms. The van der Waals surface area contributed by atoms with Crippen molar-refractivity contribution in [1.29, 1.82) is 0 Å². The molecule has 0 aromatic heterocycles. The number of carbonyl (C=O) groups excluding carboxylic acids is 1. The zero-order chi connectivity index (χ0) is 12.8. The van der Waals surface area contributed by atoms with Gasteiger partial charge < -0.3 is 4.74 Å². The molecule has 0 N–H and O–H groups in total. The molecule has 0 saturated heterocycles. The van der Waals surface area contributed by atoms with Crippen molar-refractivity contribution in [2.24, 2.45) is 0 Å². The minimum absolute atomic E-state index is 0.171. The molecule has 0 fully saturated rings. The van der Waals surface area contributed by atoms with E-state index in [4.69, 9.17) is 4.74 Å². The third-order valence-electron chi connectivity index (χ3n) is 2.44. The molecule has 0 unspecified atom stereocenters. The highest BCUT2D eigenvalue weighted by atomic mass is 16.5. The number of hydrogen-bond acceptors (Lipinski definition) is 2. The summed E-state index contributed by atoms with van der Waals surface area (Å²) in [6.45, 7) is 4.18. The first kappa shape index (κ1) is 16.0. The first-order valence-electron chi connectivity index (χ1n) is 6.72. The van der Waals surface area contributed by atoms with Crippen molar-refractivity contribution in [3.8, 4) is 0 Å². The maximum atomic E-state index is 10.5. The van der Waals surface area contributed by atoms with Crippen LogP contribution in [0.3, 0.4) is 0 Å². The summed E-state index contributed by atoms with van der Waals surface area (Å²) in [6.07, 6.45) is 16.8. The Hall–Kier alpha value is -1.05. The van der Waals surface area contributed by atoms with Crippen LogP contribution in [0.25, 0.3) is 0 Å². The Kier molecular flexibility index (Phi) is 12.2. The summed E-state index contributed by atoms with van der Waals surface area (Å²) in [5.41, 5.74) is 0. The van der Waals surface area contributed by atoms with Crippen LogP contribution in [-0.4, -0.2) is 12.6 Å². The molecular formula is C15H26O2. The van der Waals surface area contributed by atoms with Gasteiger partial charge in [0.15, 0.2) is 0 Å². The summed E-state index contributed by atoms with van der Waals surface area (Å²) in [4.78, 5) is 10.5. The van der Waals surface area contributed by atoms with Crippen molar-refractivity contribution in [2.45, 2.75) is 58.8 Å². The topological polar surface area (TPSA) is 26.3 Å². The Morgan fingerprint density at radius 1 is 1.00 bits per heavy atom. The van der Waals surface area contributed by atoms with E-state index in [0.29, 0.717) is 6.61 Å². The molecule has 0 heterocycles. The zero-order valence-electron chi connectivity index (χ0n) is 11.3. The molecule has 0 aliphatic rings. The van der Waals surface area contributed by atoms with Gasteiger partial charge in [-0.25, -0.2) is 0 Å².